The predicted octanol–water partition coefficient (Wildman–Crippen LogP) is 3.52. The number of alkyl halides is 1. The van der Waals surface area contributed by atoms with Crippen LogP contribution in [-0.2, 0) is 0 Å². The summed E-state index contributed by atoms with van der Waals surface area (Å²) in [5.41, 5.74) is 0.687. The van der Waals surface area contributed by atoms with E-state index in [4.69, 9.17) is 23.2 Å². The van der Waals surface area contributed by atoms with E-state index in [1.54, 1.807) is 6.08 Å². The summed E-state index contributed by atoms with van der Waals surface area (Å²) in [6, 6.07) is 1.33. The number of hydrogen-bond donors (Lipinski definition) is 0. The maximum Gasteiger partial charge on any atom is 0.164 e. The Morgan fingerprint density at radius 3 is 2.92 bits per heavy atom. The van der Waals surface area contributed by atoms with Gasteiger partial charge < -0.3 is 0 Å². The summed E-state index contributed by atoms with van der Waals surface area (Å²) in [6.07, 6.45) is 5.88. The highest BCUT2D eigenvalue weighted by atomic mass is 35.5. The number of halogens is 3. The summed E-state index contributed by atoms with van der Waals surface area (Å²) in [7, 11) is 0. The summed E-state index contributed by atoms with van der Waals surface area (Å²) in [5.74, 6) is 0.0506. The normalized spacial score (nSPS) is 11.0. The van der Waals surface area contributed by atoms with E-state index in [0.717, 1.165) is 6.42 Å². The van der Waals surface area contributed by atoms with Crippen molar-refractivity contribution in [3.05, 3.63) is 34.9 Å². The highest BCUT2D eigenvalue weighted by molar-refractivity contribution is 6.29. The van der Waals surface area contributed by atoms with Crippen molar-refractivity contribution in [2.24, 2.45) is 0 Å². The average Bonchev–Trinajstić information content (AvgIpc) is 2.12. The molecule has 0 aromatic carbocycles. The Bertz CT molecular complexity index is 312. The van der Waals surface area contributed by atoms with E-state index in [1.165, 1.54) is 12.3 Å². The maximum absolute atomic E-state index is 12.8. The summed E-state index contributed by atoms with van der Waals surface area (Å²) in [6.45, 7) is 0. The minimum atomic E-state index is -0.505. The number of aromatic nitrogens is 1. The molecule has 4 heteroatoms. The molecule has 0 saturated heterocycles. The van der Waals surface area contributed by atoms with Crippen molar-refractivity contribution < 1.29 is 4.39 Å². The van der Waals surface area contributed by atoms with Gasteiger partial charge in [0.2, 0.25) is 0 Å². The molecule has 70 valence electrons. The van der Waals surface area contributed by atoms with Crippen LogP contribution in [0, 0.1) is 5.82 Å². The number of nitrogens with zero attached hydrogens (tertiary/aromatic N) is 1. The Kier molecular flexibility index (Phi) is 4.19. The van der Waals surface area contributed by atoms with Crippen LogP contribution in [0.5, 0.6) is 0 Å². The van der Waals surface area contributed by atoms with Gasteiger partial charge in [-0.2, -0.15) is 0 Å². The number of hydrogen-bond acceptors (Lipinski definition) is 1. The van der Waals surface area contributed by atoms with Gasteiger partial charge in [0.15, 0.2) is 11.0 Å². The van der Waals surface area contributed by atoms with Crippen molar-refractivity contribution in [2.45, 2.75) is 6.42 Å². The monoisotopic (exact) mass is 219 g/mol. The van der Waals surface area contributed by atoms with E-state index >= 15 is 0 Å². The molecule has 0 radical (unpaired) electrons. The zero-order chi connectivity index (χ0) is 9.68. The smallest absolute Gasteiger partial charge is 0.164 e. The van der Waals surface area contributed by atoms with Crippen LogP contribution >= 0.6 is 23.2 Å². The second-order valence-electron chi connectivity index (χ2n) is 2.42. The van der Waals surface area contributed by atoms with Crippen LogP contribution < -0.4 is 0 Å². The minimum absolute atomic E-state index is 0.102. The van der Waals surface area contributed by atoms with Gasteiger partial charge in [-0.05, 0) is 18.1 Å². The van der Waals surface area contributed by atoms with E-state index in [9.17, 15) is 4.39 Å². The van der Waals surface area contributed by atoms with Crippen LogP contribution in [0.25, 0.3) is 6.08 Å². The quantitative estimate of drug-likeness (QED) is 0.561. The fourth-order valence-corrected chi connectivity index (χ4v) is 1.04. The molecule has 0 aliphatic carbocycles. The molecule has 13 heavy (non-hydrogen) atoms. The molecule has 0 spiro atoms. The molecule has 0 unspecified atom stereocenters. The number of allylic oxidation sites excluding steroid dienone is 1. The van der Waals surface area contributed by atoms with Crippen LogP contribution in [0.4, 0.5) is 4.39 Å². The summed E-state index contributed by atoms with van der Waals surface area (Å²) < 4.78 is 12.8. The van der Waals surface area contributed by atoms with Crippen LogP contribution in [0.3, 0.4) is 0 Å². The van der Waals surface area contributed by atoms with Crippen molar-refractivity contribution in [3.8, 4) is 0 Å². The second-order valence-corrected chi connectivity index (χ2v) is 3.16. The molecule has 0 aliphatic rings. The van der Waals surface area contributed by atoms with Crippen molar-refractivity contribution in [1.29, 1.82) is 0 Å². The van der Waals surface area contributed by atoms with Crippen LogP contribution in [0.2, 0.25) is 5.15 Å². The highest BCUT2D eigenvalue weighted by Crippen LogP contribution is 2.12. The third-order valence-corrected chi connectivity index (χ3v) is 1.90. The molecular weight excluding hydrogens is 212 g/mol. The highest BCUT2D eigenvalue weighted by Gasteiger charge is 1.99. The largest absolute Gasteiger partial charge is 0.241 e. The van der Waals surface area contributed by atoms with E-state index in [0.29, 0.717) is 11.4 Å². The van der Waals surface area contributed by atoms with Gasteiger partial charge in [-0.3, -0.25) is 0 Å². The Hall–Kier alpha value is -0.600. The second kappa shape index (κ2) is 5.20. The number of rotatable bonds is 3. The van der Waals surface area contributed by atoms with E-state index in [2.05, 4.69) is 4.98 Å². The molecule has 1 nitrogen and oxygen atoms in total. The minimum Gasteiger partial charge on any atom is -0.241 e. The summed E-state index contributed by atoms with van der Waals surface area (Å²) in [4.78, 5) is 3.66. The zero-order valence-electron chi connectivity index (χ0n) is 6.80. The van der Waals surface area contributed by atoms with E-state index < -0.39 is 5.82 Å². The molecule has 0 N–H and O–H groups in total. The molecule has 1 rings (SSSR count). The lowest BCUT2D eigenvalue weighted by molar-refractivity contribution is 0.621. The van der Waals surface area contributed by atoms with Gasteiger partial charge in [0, 0.05) is 12.1 Å². The van der Waals surface area contributed by atoms with Gasteiger partial charge in [-0.1, -0.05) is 23.8 Å². The third-order valence-electron chi connectivity index (χ3n) is 1.40. The van der Waals surface area contributed by atoms with Crippen molar-refractivity contribution in [3.63, 3.8) is 0 Å². The van der Waals surface area contributed by atoms with Crippen LogP contribution in [0.1, 0.15) is 12.0 Å². The number of pyridine rings is 1. The van der Waals surface area contributed by atoms with Gasteiger partial charge in [0.05, 0.1) is 0 Å². The fraction of sp³-hybridized carbons (Fsp3) is 0.222. The molecule has 1 aromatic heterocycles. The first-order valence-corrected chi connectivity index (χ1v) is 4.69. The van der Waals surface area contributed by atoms with Gasteiger partial charge in [-0.25, -0.2) is 9.37 Å². The molecule has 1 heterocycles. The van der Waals surface area contributed by atoms with Crippen molar-refractivity contribution >= 4 is 29.3 Å². The fourth-order valence-electron chi connectivity index (χ4n) is 0.810. The van der Waals surface area contributed by atoms with Gasteiger partial charge >= 0.3 is 0 Å². The third kappa shape index (κ3) is 3.33. The average molecular weight is 220 g/mol. The first kappa shape index (κ1) is 10.5. The van der Waals surface area contributed by atoms with E-state index in [1.807, 2.05) is 6.08 Å². The van der Waals surface area contributed by atoms with Crippen molar-refractivity contribution in [1.82, 2.24) is 4.98 Å². The molecule has 0 atom stereocenters. The van der Waals surface area contributed by atoms with Gasteiger partial charge in [0.25, 0.3) is 0 Å². The lowest BCUT2D eigenvalue weighted by atomic mass is 10.2. The molecular formula is C9H8Cl2FN. The van der Waals surface area contributed by atoms with Crippen molar-refractivity contribution in [2.75, 3.05) is 5.88 Å². The molecule has 0 amide bonds. The van der Waals surface area contributed by atoms with Crippen LogP contribution in [0.15, 0.2) is 18.3 Å². The van der Waals surface area contributed by atoms with Gasteiger partial charge in [0.1, 0.15) is 0 Å². The lowest BCUT2D eigenvalue weighted by Crippen LogP contribution is -1.83. The SMILES string of the molecule is Fc1cc(C=CCCCl)cnc1Cl. The first-order valence-electron chi connectivity index (χ1n) is 3.77. The molecule has 0 fully saturated rings. The maximum atomic E-state index is 12.8. The standard InChI is InChI=1S/C9H8Cl2FN/c10-4-2-1-3-7-5-8(12)9(11)13-6-7/h1,3,5-6H,2,4H2. The first-order chi connectivity index (χ1) is 6.24. The molecule has 1 aromatic rings. The Morgan fingerprint density at radius 2 is 2.31 bits per heavy atom. The molecule has 0 saturated carbocycles. The topological polar surface area (TPSA) is 12.9 Å². The Morgan fingerprint density at radius 1 is 1.54 bits per heavy atom. The Labute approximate surface area is 86.2 Å². The summed E-state index contributed by atoms with van der Waals surface area (Å²) in [5, 5.41) is -0.102. The predicted molar refractivity (Wildman–Crippen MR) is 53.6 cm³/mol. The molecule has 0 bridgehead atoms. The lowest BCUT2D eigenvalue weighted by Gasteiger charge is -1.94. The van der Waals surface area contributed by atoms with Crippen LogP contribution in [-0.4, -0.2) is 10.9 Å². The summed E-state index contributed by atoms with van der Waals surface area (Å²) >= 11 is 10.9. The van der Waals surface area contributed by atoms with E-state index in [-0.39, 0.29) is 5.15 Å². The molecule has 0 aliphatic heterocycles. The van der Waals surface area contributed by atoms with Gasteiger partial charge in [-0.15, -0.1) is 11.6 Å². The Balaban J connectivity index is 2.73. The zero-order valence-corrected chi connectivity index (χ0v) is 8.32.